The number of benzene rings is 1. The van der Waals surface area contributed by atoms with Crippen LogP contribution in [0.3, 0.4) is 0 Å². The molecule has 0 atom stereocenters. The molecule has 0 heterocycles. The summed E-state index contributed by atoms with van der Waals surface area (Å²) in [6.07, 6.45) is 5.66. The lowest BCUT2D eigenvalue weighted by Gasteiger charge is -2.19. The first-order valence-corrected chi connectivity index (χ1v) is 5.93. The summed E-state index contributed by atoms with van der Waals surface area (Å²) >= 11 is 0. The van der Waals surface area contributed by atoms with Crippen molar-refractivity contribution in [2.24, 2.45) is 0 Å². The molecule has 0 bridgehead atoms. The molecule has 0 aliphatic carbocycles. The van der Waals surface area contributed by atoms with Gasteiger partial charge in [-0.3, -0.25) is 0 Å². The SMILES string of the molecule is C#Cc1cccc(CCNC(=O)OC(C)(C)C)c1. The van der Waals surface area contributed by atoms with Crippen LogP contribution >= 0.6 is 0 Å². The van der Waals surface area contributed by atoms with E-state index < -0.39 is 11.7 Å². The molecule has 1 N–H and O–H groups in total. The number of terminal acetylenes is 1. The number of hydrogen-bond acceptors (Lipinski definition) is 2. The fourth-order valence-electron chi connectivity index (χ4n) is 1.44. The molecule has 0 aliphatic rings. The lowest BCUT2D eigenvalue weighted by Crippen LogP contribution is -2.33. The quantitative estimate of drug-likeness (QED) is 0.831. The number of amides is 1. The monoisotopic (exact) mass is 245 g/mol. The van der Waals surface area contributed by atoms with E-state index in [0.29, 0.717) is 6.54 Å². The van der Waals surface area contributed by atoms with Crippen LogP contribution in [-0.2, 0) is 11.2 Å². The van der Waals surface area contributed by atoms with Crippen LogP contribution in [0.1, 0.15) is 31.9 Å². The van der Waals surface area contributed by atoms with E-state index in [9.17, 15) is 4.79 Å². The Morgan fingerprint density at radius 1 is 1.44 bits per heavy atom. The Morgan fingerprint density at radius 2 is 2.17 bits per heavy atom. The second-order valence-electron chi connectivity index (χ2n) is 5.02. The van der Waals surface area contributed by atoms with Gasteiger partial charge in [0.05, 0.1) is 0 Å². The average Bonchev–Trinajstić information content (AvgIpc) is 2.27. The highest BCUT2D eigenvalue weighted by atomic mass is 16.6. The summed E-state index contributed by atoms with van der Waals surface area (Å²) in [4.78, 5) is 11.4. The Labute approximate surface area is 109 Å². The van der Waals surface area contributed by atoms with Crippen LogP contribution in [0.4, 0.5) is 4.79 Å². The number of ether oxygens (including phenoxy) is 1. The predicted molar refractivity (Wildman–Crippen MR) is 72.3 cm³/mol. The van der Waals surface area contributed by atoms with Gasteiger partial charge in [0.25, 0.3) is 0 Å². The van der Waals surface area contributed by atoms with Crippen molar-refractivity contribution in [2.75, 3.05) is 6.54 Å². The zero-order valence-corrected chi connectivity index (χ0v) is 11.1. The van der Waals surface area contributed by atoms with Gasteiger partial charge in [-0.25, -0.2) is 4.79 Å². The molecule has 0 spiro atoms. The molecule has 96 valence electrons. The summed E-state index contributed by atoms with van der Waals surface area (Å²) < 4.78 is 5.14. The van der Waals surface area contributed by atoms with Crippen molar-refractivity contribution in [2.45, 2.75) is 32.8 Å². The van der Waals surface area contributed by atoms with Crippen LogP contribution in [0.15, 0.2) is 24.3 Å². The molecule has 1 rings (SSSR count). The van der Waals surface area contributed by atoms with E-state index in [2.05, 4.69) is 11.2 Å². The van der Waals surface area contributed by atoms with Gasteiger partial charge in [-0.1, -0.05) is 18.1 Å². The highest BCUT2D eigenvalue weighted by Gasteiger charge is 2.15. The molecule has 0 fully saturated rings. The Balaban J connectivity index is 2.38. The van der Waals surface area contributed by atoms with E-state index in [1.165, 1.54) is 0 Å². The number of carbonyl (C=O) groups excluding carboxylic acids is 1. The van der Waals surface area contributed by atoms with Crippen molar-refractivity contribution < 1.29 is 9.53 Å². The number of hydrogen-bond donors (Lipinski definition) is 1. The van der Waals surface area contributed by atoms with Crippen LogP contribution in [0.5, 0.6) is 0 Å². The third kappa shape index (κ3) is 5.40. The van der Waals surface area contributed by atoms with E-state index in [0.717, 1.165) is 17.5 Å². The first-order chi connectivity index (χ1) is 8.40. The molecule has 18 heavy (non-hydrogen) atoms. The largest absolute Gasteiger partial charge is 0.444 e. The molecule has 1 aromatic rings. The predicted octanol–water partition coefficient (Wildman–Crippen LogP) is 2.74. The summed E-state index contributed by atoms with van der Waals surface area (Å²) in [5, 5.41) is 2.71. The third-order valence-corrected chi connectivity index (χ3v) is 2.18. The van der Waals surface area contributed by atoms with Crippen LogP contribution in [0.25, 0.3) is 0 Å². The van der Waals surface area contributed by atoms with Gasteiger partial charge in [0.2, 0.25) is 0 Å². The molecule has 3 nitrogen and oxygen atoms in total. The second-order valence-corrected chi connectivity index (χ2v) is 5.02. The Hall–Kier alpha value is -1.95. The maximum atomic E-state index is 11.4. The maximum Gasteiger partial charge on any atom is 0.407 e. The second kappa shape index (κ2) is 6.11. The summed E-state index contributed by atoms with van der Waals surface area (Å²) in [6.45, 7) is 6.04. The van der Waals surface area contributed by atoms with Crippen molar-refractivity contribution in [3.05, 3.63) is 35.4 Å². The number of alkyl carbamates (subject to hydrolysis) is 1. The molecule has 1 amide bonds. The molecule has 0 unspecified atom stereocenters. The molecule has 0 aliphatic heterocycles. The summed E-state index contributed by atoms with van der Waals surface area (Å²) in [5.41, 5.74) is 1.49. The molecular formula is C15H19NO2. The highest BCUT2D eigenvalue weighted by Crippen LogP contribution is 2.07. The van der Waals surface area contributed by atoms with E-state index in [-0.39, 0.29) is 0 Å². The summed E-state index contributed by atoms with van der Waals surface area (Å²) in [5.74, 6) is 2.59. The molecule has 0 saturated heterocycles. The van der Waals surface area contributed by atoms with Gasteiger partial charge in [0.1, 0.15) is 5.60 Å². The maximum absolute atomic E-state index is 11.4. The molecule has 1 aromatic carbocycles. The lowest BCUT2D eigenvalue weighted by atomic mass is 10.1. The van der Waals surface area contributed by atoms with E-state index in [1.54, 1.807) is 0 Å². The molecule has 0 radical (unpaired) electrons. The first-order valence-electron chi connectivity index (χ1n) is 5.93. The van der Waals surface area contributed by atoms with Crippen molar-refractivity contribution >= 4 is 6.09 Å². The zero-order chi connectivity index (χ0) is 13.6. The van der Waals surface area contributed by atoms with Gasteiger partial charge >= 0.3 is 6.09 Å². The van der Waals surface area contributed by atoms with Crippen molar-refractivity contribution in [1.29, 1.82) is 0 Å². The van der Waals surface area contributed by atoms with E-state index in [1.807, 2.05) is 45.0 Å². The van der Waals surface area contributed by atoms with Gasteiger partial charge in [0.15, 0.2) is 0 Å². The van der Waals surface area contributed by atoms with Gasteiger partial charge in [0, 0.05) is 12.1 Å². The van der Waals surface area contributed by atoms with Crippen LogP contribution < -0.4 is 5.32 Å². The minimum atomic E-state index is -0.465. The number of nitrogens with one attached hydrogen (secondary N) is 1. The Bertz CT molecular complexity index is 452. The van der Waals surface area contributed by atoms with Crippen LogP contribution in [0.2, 0.25) is 0 Å². The molecule has 0 aromatic heterocycles. The fourth-order valence-corrected chi connectivity index (χ4v) is 1.44. The minimum absolute atomic E-state index is 0.393. The normalized spacial score (nSPS) is 10.6. The average molecular weight is 245 g/mol. The first kappa shape index (κ1) is 14.1. The van der Waals surface area contributed by atoms with E-state index >= 15 is 0 Å². The topological polar surface area (TPSA) is 38.3 Å². The van der Waals surface area contributed by atoms with Crippen molar-refractivity contribution in [1.82, 2.24) is 5.32 Å². The molecular weight excluding hydrogens is 226 g/mol. The van der Waals surface area contributed by atoms with Crippen LogP contribution in [0, 0.1) is 12.3 Å². The lowest BCUT2D eigenvalue weighted by molar-refractivity contribution is 0.0528. The van der Waals surface area contributed by atoms with Gasteiger partial charge in [-0.2, -0.15) is 0 Å². The van der Waals surface area contributed by atoms with Crippen LogP contribution in [-0.4, -0.2) is 18.2 Å². The summed E-state index contributed by atoms with van der Waals surface area (Å²) in [7, 11) is 0. The van der Waals surface area contributed by atoms with Gasteiger partial charge in [-0.05, 0) is 44.9 Å². The molecule has 3 heteroatoms. The summed E-state index contributed by atoms with van der Waals surface area (Å²) in [6, 6.07) is 7.72. The van der Waals surface area contributed by atoms with Crippen molar-refractivity contribution in [3.63, 3.8) is 0 Å². The third-order valence-electron chi connectivity index (χ3n) is 2.18. The zero-order valence-electron chi connectivity index (χ0n) is 11.1. The number of carbonyl (C=O) groups is 1. The molecule has 0 saturated carbocycles. The van der Waals surface area contributed by atoms with Gasteiger partial charge < -0.3 is 10.1 Å². The minimum Gasteiger partial charge on any atom is -0.444 e. The van der Waals surface area contributed by atoms with E-state index in [4.69, 9.17) is 11.2 Å². The highest BCUT2D eigenvalue weighted by molar-refractivity contribution is 5.67. The number of rotatable bonds is 3. The Morgan fingerprint density at radius 3 is 2.78 bits per heavy atom. The Kier molecular flexibility index (Phi) is 4.79. The van der Waals surface area contributed by atoms with Crippen molar-refractivity contribution in [3.8, 4) is 12.3 Å². The smallest absolute Gasteiger partial charge is 0.407 e. The standard InChI is InChI=1S/C15H19NO2/c1-5-12-7-6-8-13(11-12)9-10-16-14(17)18-15(2,3)4/h1,6-8,11H,9-10H2,2-4H3,(H,16,17). The van der Waals surface area contributed by atoms with Gasteiger partial charge in [-0.15, -0.1) is 6.42 Å². The fraction of sp³-hybridized carbons (Fsp3) is 0.400.